The van der Waals surface area contributed by atoms with Crippen molar-refractivity contribution >= 4 is 11.6 Å². The summed E-state index contributed by atoms with van der Waals surface area (Å²) in [6.45, 7) is 0.0418. The molecule has 0 amide bonds. The van der Waals surface area contributed by atoms with Crippen molar-refractivity contribution in [2.45, 2.75) is 11.7 Å². The predicted molar refractivity (Wildman–Crippen MR) is 121 cm³/mol. The minimum atomic E-state index is -4.54. The third-order valence-corrected chi connectivity index (χ3v) is 5.69. The monoisotopic (exact) mass is 469 g/mol. The van der Waals surface area contributed by atoms with Crippen LogP contribution in [0.15, 0.2) is 79.3 Å². The number of nitrogens with zero attached hydrogens (tertiary/aromatic N) is 3. The van der Waals surface area contributed by atoms with Crippen LogP contribution in [0, 0.1) is 0 Å². The molecule has 2 aromatic carbocycles. The van der Waals surface area contributed by atoms with Crippen LogP contribution in [0.1, 0.15) is 16.8 Å². The van der Waals surface area contributed by atoms with Gasteiger partial charge in [-0.15, -0.1) is 0 Å². The van der Waals surface area contributed by atoms with Gasteiger partial charge in [0.25, 0.3) is 0 Å². The van der Waals surface area contributed by atoms with Gasteiger partial charge in [0, 0.05) is 23.9 Å². The van der Waals surface area contributed by atoms with Crippen molar-refractivity contribution in [1.29, 1.82) is 0 Å². The van der Waals surface area contributed by atoms with Crippen LogP contribution in [-0.4, -0.2) is 21.5 Å². The SMILES string of the molecule is NCC(N)(c1ccc(-c2ccccn2)cc1)c1cc(-c2ccc(C(F)(F)F)c(Cl)c2)ncn1. The van der Waals surface area contributed by atoms with Gasteiger partial charge in [0.1, 0.15) is 6.33 Å². The molecule has 5 nitrogen and oxygen atoms in total. The van der Waals surface area contributed by atoms with Crippen LogP contribution >= 0.6 is 11.6 Å². The minimum absolute atomic E-state index is 0.0418. The van der Waals surface area contributed by atoms with Crippen molar-refractivity contribution < 1.29 is 13.2 Å². The zero-order chi connectivity index (χ0) is 23.6. The van der Waals surface area contributed by atoms with Crippen molar-refractivity contribution in [3.8, 4) is 22.5 Å². The average Bonchev–Trinajstić information content (AvgIpc) is 2.83. The third-order valence-electron chi connectivity index (χ3n) is 5.38. The highest BCUT2D eigenvalue weighted by Gasteiger charge is 2.33. The van der Waals surface area contributed by atoms with Crippen LogP contribution in [0.25, 0.3) is 22.5 Å². The van der Waals surface area contributed by atoms with Crippen molar-refractivity contribution in [2.75, 3.05) is 6.54 Å². The summed E-state index contributed by atoms with van der Waals surface area (Å²) in [4.78, 5) is 12.8. The molecule has 1 atom stereocenters. The van der Waals surface area contributed by atoms with E-state index in [9.17, 15) is 13.2 Å². The molecule has 0 bridgehead atoms. The highest BCUT2D eigenvalue weighted by molar-refractivity contribution is 6.31. The second-order valence-corrected chi connectivity index (χ2v) is 7.86. The average molecular weight is 470 g/mol. The molecule has 2 heterocycles. The Kier molecular flexibility index (Phi) is 6.16. The third kappa shape index (κ3) is 4.59. The molecule has 0 spiro atoms. The number of pyridine rings is 1. The summed E-state index contributed by atoms with van der Waals surface area (Å²) in [6.07, 6.45) is -1.53. The largest absolute Gasteiger partial charge is 0.417 e. The first-order valence-electron chi connectivity index (χ1n) is 9.93. The standard InChI is InChI=1S/C24H19ClF3N5/c25-19-11-16(6-9-18(19)24(26,27)28)21-12-22(33-14-32-21)23(30,13-29)17-7-4-15(5-8-17)20-3-1-2-10-31-20/h1-12,14H,13,29-30H2. The molecule has 4 rings (SSSR count). The fraction of sp³-hybridized carbons (Fsp3) is 0.125. The fourth-order valence-electron chi connectivity index (χ4n) is 3.51. The normalized spacial score (nSPS) is 13.5. The van der Waals surface area contributed by atoms with Gasteiger partial charge in [-0.25, -0.2) is 9.97 Å². The lowest BCUT2D eigenvalue weighted by atomic mass is 9.86. The summed E-state index contributed by atoms with van der Waals surface area (Å²) in [7, 11) is 0. The molecule has 1 unspecified atom stereocenters. The van der Waals surface area contributed by atoms with Crippen LogP contribution in [0.2, 0.25) is 5.02 Å². The van der Waals surface area contributed by atoms with E-state index in [2.05, 4.69) is 15.0 Å². The molecule has 0 fully saturated rings. The number of benzene rings is 2. The summed E-state index contributed by atoms with van der Waals surface area (Å²) < 4.78 is 39.1. The number of rotatable bonds is 5. The van der Waals surface area contributed by atoms with Crippen molar-refractivity contribution in [3.05, 3.63) is 101 Å². The van der Waals surface area contributed by atoms with Gasteiger partial charge >= 0.3 is 6.18 Å². The number of aromatic nitrogens is 3. The maximum Gasteiger partial charge on any atom is 0.417 e. The molecule has 0 aliphatic rings. The summed E-state index contributed by atoms with van der Waals surface area (Å²) in [5.74, 6) is 0. The van der Waals surface area contributed by atoms with Crippen molar-refractivity contribution in [3.63, 3.8) is 0 Å². The van der Waals surface area contributed by atoms with Gasteiger partial charge in [0.15, 0.2) is 0 Å². The van der Waals surface area contributed by atoms with Crippen LogP contribution in [0.3, 0.4) is 0 Å². The van der Waals surface area contributed by atoms with Gasteiger partial charge < -0.3 is 11.5 Å². The predicted octanol–water partition coefficient (Wildman–Crippen LogP) is 5.04. The molecule has 33 heavy (non-hydrogen) atoms. The number of hydrogen-bond acceptors (Lipinski definition) is 5. The number of nitrogens with two attached hydrogens (primary N) is 2. The van der Waals surface area contributed by atoms with Crippen LogP contribution < -0.4 is 11.5 Å². The Bertz CT molecular complexity index is 1260. The Balaban J connectivity index is 1.69. The minimum Gasteiger partial charge on any atom is -0.328 e. The fourth-order valence-corrected chi connectivity index (χ4v) is 3.79. The van der Waals surface area contributed by atoms with Gasteiger partial charge in [0.05, 0.1) is 33.2 Å². The molecule has 0 radical (unpaired) electrons. The Morgan fingerprint density at radius 2 is 1.55 bits per heavy atom. The number of halogens is 4. The van der Waals surface area contributed by atoms with E-state index in [1.807, 2.05) is 42.5 Å². The Labute approximate surface area is 193 Å². The Hall–Kier alpha value is -3.33. The molecule has 2 aromatic heterocycles. The van der Waals surface area contributed by atoms with Gasteiger partial charge in [0.2, 0.25) is 0 Å². The maximum absolute atomic E-state index is 13.0. The zero-order valence-electron chi connectivity index (χ0n) is 17.2. The first-order chi connectivity index (χ1) is 15.7. The van der Waals surface area contributed by atoms with E-state index in [0.29, 0.717) is 17.0 Å². The van der Waals surface area contributed by atoms with E-state index < -0.39 is 22.3 Å². The first kappa shape index (κ1) is 22.8. The number of hydrogen-bond donors (Lipinski definition) is 2. The quantitative estimate of drug-likeness (QED) is 0.427. The smallest absolute Gasteiger partial charge is 0.328 e. The lowest BCUT2D eigenvalue weighted by molar-refractivity contribution is -0.137. The molecule has 0 saturated carbocycles. The van der Waals surface area contributed by atoms with Crippen LogP contribution in [0.5, 0.6) is 0 Å². The van der Waals surface area contributed by atoms with E-state index in [-0.39, 0.29) is 6.54 Å². The first-order valence-corrected chi connectivity index (χ1v) is 10.3. The highest BCUT2D eigenvalue weighted by Crippen LogP contribution is 2.37. The van der Waals surface area contributed by atoms with E-state index in [1.165, 1.54) is 18.5 Å². The highest BCUT2D eigenvalue weighted by atomic mass is 35.5. The lowest BCUT2D eigenvalue weighted by Gasteiger charge is -2.28. The molecular formula is C24H19ClF3N5. The maximum atomic E-state index is 13.0. The summed E-state index contributed by atoms with van der Waals surface area (Å²) >= 11 is 5.87. The molecule has 0 aliphatic carbocycles. The molecule has 168 valence electrons. The van der Waals surface area contributed by atoms with Crippen LogP contribution in [0.4, 0.5) is 13.2 Å². The van der Waals surface area contributed by atoms with E-state index in [4.69, 9.17) is 23.1 Å². The van der Waals surface area contributed by atoms with Gasteiger partial charge in [-0.05, 0) is 35.9 Å². The second kappa shape index (κ2) is 8.90. The second-order valence-electron chi connectivity index (χ2n) is 7.45. The zero-order valence-corrected chi connectivity index (χ0v) is 18.0. The molecule has 4 N–H and O–H groups in total. The molecule has 4 aromatic rings. The van der Waals surface area contributed by atoms with Crippen molar-refractivity contribution in [1.82, 2.24) is 15.0 Å². The lowest BCUT2D eigenvalue weighted by Crippen LogP contribution is -2.45. The van der Waals surface area contributed by atoms with E-state index in [1.54, 1.807) is 12.3 Å². The van der Waals surface area contributed by atoms with E-state index >= 15 is 0 Å². The topological polar surface area (TPSA) is 90.7 Å². The molecule has 0 aliphatic heterocycles. The number of alkyl halides is 3. The molecule has 9 heteroatoms. The summed E-state index contributed by atoms with van der Waals surface area (Å²) in [5, 5.41) is -0.414. The van der Waals surface area contributed by atoms with Crippen LogP contribution in [-0.2, 0) is 11.7 Å². The van der Waals surface area contributed by atoms with Gasteiger partial charge in [-0.1, -0.05) is 48.0 Å². The van der Waals surface area contributed by atoms with Gasteiger partial charge in [-0.3, -0.25) is 4.98 Å². The Morgan fingerprint density at radius 1 is 0.818 bits per heavy atom. The molecular weight excluding hydrogens is 451 g/mol. The Morgan fingerprint density at radius 3 is 2.15 bits per heavy atom. The summed E-state index contributed by atoms with van der Waals surface area (Å²) in [5.41, 5.74) is 14.4. The summed E-state index contributed by atoms with van der Waals surface area (Å²) in [6, 6.07) is 18.2. The van der Waals surface area contributed by atoms with Gasteiger partial charge in [-0.2, -0.15) is 13.2 Å². The van der Waals surface area contributed by atoms with Crippen molar-refractivity contribution in [2.24, 2.45) is 11.5 Å². The van der Waals surface area contributed by atoms with E-state index in [0.717, 1.165) is 22.9 Å². The molecule has 0 saturated heterocycles.